The zero-order valence-corrected chi connectivity index (χ0v) is 42.9. The molecule has 74 heavy (non-hydrogen) atoms. The Balaban J connectivity index is 1.29. The van der Waals surface area contributed by atoms with Crippen molar-refractivity contribution in [1.29, 1.82) is 0 Å². The van der Waals surface area contributed by atoms with Crippen molar-refractivity contribution >= 4 is 57.3 Å². The van der Waals surface area contributed by atoms with Crippen molar-refractivity contribution in [2.45, 2.75) is 26.2 Å². The molecule has 6 heteroatoms. The second-order valence-corrected chi connectivity index (χ2v) is 20.1. The minimum atomic E-state index is -0.333. The number of rotatable bonds is 12. The summed E-state index contributed by atoms with van der Waals surface area (Å²) in [6, 6.07) is 91.5. The highest BCUT2D eigenvalue weighted by Gasteiger charge is 2.29. The highest BCUT2D eigenvalue weighted by molar-refractivity contribution is 6.30. The molecule has 0 aliphatic heterocycles. The molecule has 4 nitrogen and oxygen atoms in total. The molecule has 0 aliphatic rings. The third-order valence-corrected chi connectivity index (χ3v) is 13.7. The van der Waals surface area contributed by atoms with Crippen LogP contribution >= 0.6 is 23.2 Å². The lowest BCUT2D eigenvalue weighted by Crippen LogP contribution is -2.19. The number of nitrogens with zero attached hydrogens (tertiary/aromatic N) is 4. The van der Waals surface area contributed by atoms with E-state index in [-0.39, 0.29) is 5.41 Å². The molecule has 0 unspecified atom stereocenters. The molecule has 9 aromatic carbocycles. The van der Waals surface area contributed by atoms with E-state index in [9.17, 15) is 0 Å². The third-order valence-electron chi connectivity index (χ3n) is 13.4. The van der Waals surface area contributed by atoms with Crippen molar-refractivity contribution in [3.05, 3.63) is 277 Å². The Morgan fingerprint density at radius 3 is 0.851 bits per heavy atom. The summed E-state index contributed by atoms with van der Waals surface area (Å²) in [6.45, 7) is 6.83. The molecule has 2 aromatic heterocycles. The monoisotopic (exact) mass is 994 g/mol. The molecule has 358 valence electrons. The number of anilines is 6. The smallest absolute Gasteiger partial charge is 0.131 e. The maximum atomic E-state index is 7.25. The minimum absolute atomic E-state index is 0.333. The van der Waals surface area contributed by atoms with Gasteiger partial charge >= 0.3 is 0 Å². The Morgan fingerprint density at radius 1 is 0.297 bits per heavy atom. The van der Waals surface area contributed by atoms with Gasteiger partial charge in [-0.3, -0.25) is 0 Å². The average Bonchev–Trinajstić information content (AvgIpc) is 3.44. The van der Waals surface area contributed by atoms with Gasteiger partial charge in [-0.1, -0.05) is 262 Å². The number of benzene rings is 9. The summed E-state index contributed by atoms with van der Waals surface area (Å²) in [7, 11) is 0. The molecule has 0 amide bonds. The van der Waals surface area contributed by atoms with Gasteiger partial charge in [-0.2, -0.15) is 0 Å². The quantitative estimate of drug-likeness (QED) is 0.114. The van der Waals surface area contributed by atoms with Gasteiger partial charge in [0.15, 0.2) is 0 Å². The molecule has 0 N–H and O–H groups in total. The second kappa shape index (κ2) is 20.9. The molecule has 0 radical (unpaired) electrons. The first-order valence-electron chi connectivity index (χ1n) is 24.9. The van der Waals surface area contributed by atoms with Crippen molar-refractivity contribution in [3.8, 4) is 67.0 Å². The molecular weight excluding hydrogens is 944 g/mol. The number of aromatic nitrogens is 2. The van der Waals surface area contributed by atoms with Crippen LogP contribution in [0.5, 0.6) is 0 Å². The first kappa shape index (κ1) is 47.8. The van der Waals surface area contributed by atoms with Gasteiger partial charge in [0.05, 0.1) is 34.1 Å². The number of para-hydroxylation sites is 2. The zero-order valence-electron chi connectivity index (χ0n) is 41.4. The lowest BCUT2D eigenvalue weighted by atomic mass is 9.85. The Kier molecular flexibility index (Phi) is 13.5. The molecule has 0 saturated heterocycles. The molecule has 2 heterocycles. The summed E-state index contributed by atoms with van der Waals surface area (Å²) < 4.78 is 0. The topological polar surface area (TPSA) is 32.3 Å². The van der Waals surface area contributed by atoms with Crippen molar-refractivity contribution in [3.63, 3.8) is 0 Å². The van der Waals surface area contributed by atoms with Crippen LogP contribution in [-0.2, 0) is 5.41 Å². The van der Waals surface area contributed by atoms with E-state index < -0.39 is 0 Å². The predicted molar refractivity (Wildman–Crippen MR) is 313 cm³/mol. The van der Waals surface area contributed by atoms with E-state index in [0.717, 1.165) is 107 Å². The van der Waals surface area contributed by atoms with Crippen LogP contribution in [0.3, 0.4) is 0 Å². The summed E-state index contributed by atoms with van der Waals surface area (Å²) in [5.74, 6) is 0. The summed E-state index contributed by atoms with van der Waals surface area (Å²) >= 11 is 14.5. The first-order valence-corrected chi connectivity index (χ1v) is 25.6. The molecule has 0 spiro atoms. The zero-order chi connectivity index (χ0) is 50.6. The Labute approximate surface area is 444 Å². The Morgan fingerprint density at radius 2 is 0.568 bits per heavy atom. The number of halogens is 2. The van der Waals surface area contributed by atoms with Gasteiger partial charge in [-0.05, 0) is 75.7 Å². The van der Waals surface area contributed by atoms with E-state index in [1.54, 1.807) is 0 Å². The van der Waals surface area contributed by atoms with Crippen LogP contribution < -0.4 is 9.80 Å². The van der Waals surface area contributed by atoms with Gasteiger partial charge in [0, 0.05) is 44.8 Å². The Hall–Kier alpha value is -8.54. The predicted octanol–water partition coefficient (Wildman–Crippen LogP) is 20.0. The van der Waals surface area contributed by atoms with Crippen LogP contribution in [0.15, 0.2) is 261 Å². The minimum Gasteiger partial charge on any atom is -0.309 e. The van der Waals surface area contributed by atoms with E-state index in [1.807, 2.05) is 48.5 Å². The lowest BCUT2D eigenvalue weighted by molar-refractivity contribution is 0.590. The molecule has 0 aliphatic carbocycles. The summed E-state index contributed by atoms with van der Waals surface area (Å²) in [4.78, 5) is 14.7. The second-order valence-electron chi connectivity index (χ2n) is 19.3. The highest BCUT2D eigenvalue weighted by atomic mass is 35.5. The van der Waals surface area contributed by atoms with E-state index in [4.69, 9.17) is 33.2 Å². The third kappa shape index (κ3) is 9.99. The fraction of sp³-hybridized carbons (Fsp3) is 0.0588. The van der Waals surface area contributed by atoms with Gasteiger partial charge in [0.25, 0.3) is 0 Å². The number of hydrogen-bond donors (Lipinski definition) is 0. The fourth-order valence-electron chi connectivity index (χ4n) is 9.81. The Bertz CT molecular complexity index is 3360. The first-order chi connectivity index (χ1) is 36.2. The van der Waals surface area contributed by atoms with E-state index in [0.29, 0.717) is 10.3 Å². The highest BCUT2D eigenvalue weighted by Crippen LogP contribution is 2.52. The molecule has 0 fully saturated rings. The fourth-order valence-corrected chi connectivity index (χ4v) is 10.2. The molecule has 0 atom stereocenters. The van der Waals surface area contributed by atoms with Gasteiger partial charge in [0.2, 0.25) is 0 Å². The van der Waals surface area contributed by atoms with Crippen LogP contribution in [-0.4, -0.2) is 9.97 Å². The van der Waals surface area contributed by atoms with Gasteiger partial charge in [-0.25, -0.2) is 9.97 Å². The molecule has 0 bridgehead atoms. The van der Waals surface area contributed by atoms with Crippen LogP contribution in [0.4, 0.5) is 34.1 Å². The van der Waals surface area contributed by atoms with Crippen LogP contribution in [0.2, 0.25) is 10.3 Å². The normalized spacial score (nSPS) is 11.3. The largest absolute Gasteiger partial charge is 0.309 e. The van der Waals surface area contributed by atoms with Crippen molar-refractivity contribution < 1.29 is 0 Å². The average molecular weight is 996 g/mol. The van der Waals surface area contributed by atoms with E-state index in [1.165, 1.54) is 0 Å². The van der Waals surface area contributed by atoms with Crippen molar-refractivity contribution in [2.24, 2.45) is 0 Å². The SMILES string of the molecule is CC(C)(C)c1cc(N(c2cc(Cl)nc(-c3ccccc3)c2)c2c(-c3ccccc3)cccc2-c2ccccc2)cc(N(c2cc(Cl)nc(-c3ccccc3)c2)c2c(-c3ccccc3)cccc2-c2ccccc2)c1. The van der Waals surface area contributed by atoms with Crippen LogP contribution in [0.25, 0.3) is 67.0 Å². The van der Waals surface area contributed by atoms with Crippen molar-refractivity contribution in [2.75, 3.05) is 9.80 Å². The molecular formula is C68H52Cl2N4. The maximum absolute atomic E-state index is 7.25. The molecule has 11 aromatic rings. The van der Waals surface area contributed by atoms with Gasteiger partial charge in [-0.15, -0.1) is 0 Å². The molecule has 11 rings (SSSR count). The number of hydrogen-bond acceptors (Lipinski definition) is 4. The van der Waals surface area contributed by atoms with E-state index >= 15 is 0 Å². The van der Waals surface area contributed by atoms with Gasteiger partial charge < -0.3 is 9.80 Å². The standard InChI is InChI=1S/C68H52Cl2N4/c1-68(2,3)53-40-54(73(56-43-62(71-64(69)45-56)51-32-18-8-19-33-51)66-58(47-24-10-4-11-25-47)36-22-37-59(66)48-26-12-5-13-27-48)42-55(41-53)74(57-44-63(72-65(70)46-57)52-34-20-9-21-35-52)67-60(49-28-14-6-15-29-49)38-23-39-61(67)50-30-16-7-17-31-50/h4-46H,1-3H3. The molecule has 0 saturated carbocycles. The summed E-state index contributed by atoms with van der Waals surface area (Å²) in [5, 5.41) is 0.755. The maximum Gasteiger partial charge on any atom is 0.131 e. The number of pyridine rings is 2. The van der Waals surface area contributed by atoms with E-state index in [2.05, 4.69) is 243 Å². The summed E-state index contributed by atoms with van der Waals surface area (Å²) in [5.41, 5.74) is 18.2. The van der Waals surface area contributed by atoms with Crippen LogP contribution in [0, 0.1) is 0 Å². The van der Waals surface area contributed by atoms with Crippen LogP contribution in [0.1, 0.15) is 26.3 Å². The van der Waals surface area contributed by atoms with Crippen molar-refractivity contribution in [1.82, 2.24) is 9.97 Å². The lowest BCUT2D eigenvalue weighted by Gasteiger charge is -2.35. The van der Waals surface area contributed by atoms with Gasteiger partial charge in [0.1, 0.15) is 10.3 Å². The summed E-state index contributed by atoms with van der Waals surface area (Å²) in [6.07, 6.45) is 0.